The molecule has 3 unspecified atom stereocenters. The van der Waals surface area contributed by atoms with Crippen LogP contribution in [-0.4, -0.2) is 0 Å². The molecule has 1 aromatic carbocycles. The van der Waals surface area contributed by atoms with E-state index in [9.17, 15) is 0 Å². The molecule has 30 heavy (non-hydrogen) atoms. The molecule has 0 saturated heterocycles. The van der Waals surface area contributed by atoms with Crippen molar-refractivity contribution in [2.24, 2.45) is 29.6 Å². The summed E-state index contributed by atoms with van der Waals surface area (Å²) in [6.07, 6.45) is 24.8. The van der Waals surface area contributed by atoms with Crippen LogP contribution in [0.4, 0.5) is 0 Å². The Kier molecular flexibility index (Phi) is 8.36. The third-order valence-electron chi connectivity index (χ3n) is 9.25. The Labute approximate surface area is 187 Å². The molecule has 3 aliphatic rings. The van der Waals surface area contributed by atoms with Gasteiger partial charge < -0.3 is 0 Å². The molecule has 2 saturated carbocycles. The number of benzene rings is 1. The number of aryl methyl sites for hydroxylation is 2. The SMILES string of the molecule is CCCCCc1ccc2c(c1)CCC(C1CCC3C[C@H](CCCCC)CC[C@@H]3C1)C2. The summed E-state index contributed by atoms with van der Waals surface area (Å²) < 4.78 is 0. The second-order valence-electron chi connectivity index (χ2n) is 11.3. The first-order valence-corrected chi connectivity index (χ1v) is 13.9. The van der Waals surface area contributed by atoms with Crippen molar-refractivity contribution in [3.05, 3.63) is 34.9 Å². The number of unbranched alkanes of at least 4 members (excludes halogenated alkanes) is 4. The van der Waals surface area contributed by atoms with Crippen LogP contribution in [0, 0.1) is 29.6 Å². The second-order valence-corrected chi connectivity index (χ2v) is 11.3. The minimum atomic E-state index is 0.978. The van der Waals surface area contributed by atoms with Gasteiger partial charge in [-0.3, -0.25) is 0 Å². The van der Waals surface area contributed by atoms with Gasteiger partial charge in [-0.2, -0.15) is 0 Å². The molecule has 0 nitrogen and oxygen atoms in total. The van der Waals surface area contributed by atoms with E-state index >= 15 is 0 Å². The number of fused-ring (bicyclic) bond motifs is 2. The molecule has 3 aliphatic carbocycles. The van der Waals surface area contributed by atoms with E-state index < -0.39 is 0 Å². The van der Waals surface area contributed by atoms with Gasteiger partial charge in [-0.1, -0.05) is 77.0 Å². The lowest BCUT2D eigenvalue weighted by atomic mass is 9.61. The van der Waals surface area contributed by atoms with Gasteiger partial charge in [0.25, 0.3) is 0 Å². The van der Waals surface area contributed by atoms with Crippen LogP contribution in [0.15, 0.2) is 18.2 Å². The van der Waals surface area contributed by atoms with E-state index in [1.807, 2.05) is 0 Å². The molecule has 0 bridgehead atoms. The van der Waals surface area contributed by atoms with Gasteiger partial charge in [-0.15, -0.1) is 0 Å². The highest BCUT2D eigenvalue weighted by molar-refractivity contribution is 5.34. The van der Waals surface area contributed by atoms with Gasteiger partial charge in [0, 0.05) is 0 Å². The van der Waals surface area contributed by atoms with Crippen molar-refractivity contribution < 1.29 is 0 Å². The second kappa shape index (κ2) is 11.2. The van der Waals surface area contributed by atoms with Crippen LogP contribution in [0.25, 0.3) is 0 Å². The lowest BCUT2D eigenvalue weighted by Crippen LogP contribution is -2.35. The molecule has 0 heteroatoms. The zero-order chi connectivity index (χ0) is 20.8. The number of hydrogen-bond donors (Lipinski definition) is 0. The van der Waals surface area contributed by atoms with E-state index in [2.05, 4.69) is 32.0 Å². The fraction of sp³-hybridized carbons (Fsp3) is 0.800. The topological polar surface area (TPSA) is 0 Å². The number of hydrogen-bond acceptors (Lipinski definition) is 0. The Morgan fingerprint density at radius 1 is 0.700 bits per heavy atom. The van der Waals surface area contributed by atoms with Crippen LogP contribution in [0.2, 0.25) is 0 Å². The molecule has 0 aliphatic heterocycles. The van der Waals surface area contributed by atoms with Crippen LogP contribution in [0.3, 0.4) is 0 Å². The summed E-state index contributed by atoms with van der Waals surface area (Å²) in [5, 5.41) is 0. The summed E-state index contributed by atoms with van der Waals surface area (Å²) in [4.78, 5) is 0. The van der Waals surface area contributed by atoms with Crippen molar-refractivity contribution in [3.8, 4) is 0 Å². The van der Waals surface area contributed by atoms with Crippen molar-refractivity contribution in [1.29, 1.82) is 0 Å². The minimum absolute atomic E-state index is 0.978. The molecule has 0 amide bonds. The third-order valence-corrected chi connectivity index (χ3v) is 9.25. The first-order valence-electron chi connectivity index (χ1n) is 13.9. The molecule has 168 valence electrons. The average Bonchev–Trinajstić information content (AvgIpc) is 2.78. The lowest BCUT2D eigenvalue weighted by Gasteiger charge is -2.45. The molecular weight excluding hydrogens is 360 g/mol. The normalized spacial score (nSPS) is 31.2. The maximum absolute atomic E-state index is 2.57. The minimum Gasteiger partial charge on any atom is -0.0654 e. The fourth-order valence-electron chi connectivity index (χ4n) is 7.37. The quantitative estimate of drug-likeness (QED) is 0.358. The monoisotopic (exact) mass is 408 g/mol. The number of rotatable bonds is 9. The Morgan fingerprint density at radius 3 is 2.27 bits per heavy atom. The van der Waals surface area contributed by atoms with Crippen molar-refractivity contribution in [3.63, 3.8) is 0 Å². The van der Waals surface area contributed by atoms with Crippen LogP contribution >= 0.6 is 0 Å². The fourth-order valence-corrected chi connectivity index (χ4v) is 7.37. The van der Waals surface area contributed by atoms with Crippen molar-refractivity contribution in [2.75, 3.05) is 0 Å². The van der Waals surface area contributed by atoms with Gasteiger partial charge in [0.15, 0.2) is 0 Å². The van der Waals surface area contributed by atoms with Gasteiger partial charge in [-0.05, 0) is 110 Å². The van der Waals surface area contributed by atoms with Gasteiger partial charge in [0.05, 0.1) is 0 Å². The van der Waals surface area contributed by atoms with E-state index in [4.69, 9.17) is 0 Å². The summed E-state index contributed by atoms with van der Waals surface area (Å²) in [5.74, 6) is 5.24. The summed E-state index contributed by atoms with van der Waals surface area (Å²) >= 11 is 0. The van der Waals surface area contributed by atoms with Crippen LogP contribution in [0.1, 0.15) is 120 Å². The Bertz CT molecular complexity index is 643. The van der Waals surface area contributed by atoms with Crippen molar-refractivity contribution in [1.82, 2.24) is 0 Å². The Balaban J connectivity index is 1.27. The first-order chi connectivity index (χ1) is 14.8. The zero-order valence-electron chi connectivity index (χ0n) is 20.1. The molecule has 0 heterocycles. The molecule has 0 radical (unpaired) electrons. The van der Waals surface area contributed by atoms with Crippen LogP contribution in [0.5, 0.6) is 0 Å². The molecule has 0 aromatic heterocycles. The predicted octanol–water partition coefficient (Wildman–Crippen LogP) is 8.94. The Morgan fingerprint density at radius 2 is 1.43 bits per heavy atom. The summed E-state index contributed by atoms with van der Waals surface area (Å²) in [5.41, 5.74) is 4.99. The maximum Gasteiger partial charge on any atom is -0.0245 e. The molecule has 1 aromatic rings. The van der Waals surface area contributed by atoms with Crippen molar-refractivity contribution >= 4 is 0 Å². The largest absolute Gasteiger partial charge is 0.0654 e. The standard InChI is InChI=1S/C30H48/c1-3-5-7-9-23-11-13-27-21-29(17-15-25(27)19-23)30-18-16-26-20-24(10-8-6-4-2)12-14-28(26)22-30/h11,13,19,24,26,28-30H,3-10,12,14-18,20-22H2,1-2H3/t24-,26?,28-,29?,30?/m1/s1. The van der Waals surface area contributed by atoms with Crippen molar-refractivity contribution in [2.45, 2.75) is 123 Å². The highest BCUT2D eigenvalue weighted by Crippen LogP contribution is 2.49. The average molecular weight is 409 g/mol. The highest BCUT2D eigenvalue weighted by Gasteiger charge is 2.38. The first kappa shape index (κ1) is 22.4. The molecular formula is C30H48. The molecule has 2 fully saturated rings. The molecule has 0 spiro atoms. The molecule has 0 N–H and O–H groups in total. The van der Waals surface area contributed by atoms with Crippen LogP contribution < -0.4 is 0 Å². The molecule has 4 rings (SSSR count). The summed E-state index contributed by atoms with van der Waals surface area (Å²) in [6, 6.07) is 7.53. The van der Waals surface area contributed by atoms with E-state index in [0.29, 0.717) is 0 Å². The predicted molar refractivity (Wildman–Crippen MR) is 131 cm³/mol. The van der Waals surface area contributed by atoms with Gasteiger partial charge >= 0.3 is 0 Å². The summed E-state index contributed by atoms with van der Waals surface area (Å²) in [7, 11) is 0. The maximum atomic E-state index is 2.57. The zero-order valence-corrected chi connectivity index (χ0v) is 20.1. The van der Waals surface area contributed by atoms with Gasteiger partial charge in [-0.25, -0.2) is 0 Å². The van der Waals surface area contributed by atoms with Gasteiger partial charge in [0.1, 0.15) is 0 Å². The third kappa shape index (κ3) is 5.72. The van der Waals surface area contributed by atoms with Gasteiger partial charge in [0.2, 0.25) is 0 Å². The van der Waals surface area contributed by atoms with E-state index in [1.165, 1.54) is 77.0 Å². The highest BCUT2D eigenvalue weighted by atomic mass is 14.4. The van der Waals surface area contributed by atoms with E-state index in [0.717, 1.165) is 29.6 Å². The van der Waals surface area contributed by atoms with E-state index in [1.54, 1.807) is 48.8 Å². The van der Waals surface area contributed by atoms with Crippen LogP contribution in [-0.2, 0) is 19.3 Å². The molecule has 5 atom stereocenters. The lowest BCUT2D eigenvalue weighted by molar-refractivity contribution is 0.0690. The smallest absolute Gasteiger partial charge is 0.0245 e. The summed E-state index contributed by atoms with van der Waals surface area (Å²) in [6.45, 7) is 4.65. The Hall–Kier alpha value is -0.780. The van der Waals surface area contributed by atoms with E-state index in [-0.39, 0.29) is 0 Å².